The van der Waals surface area contributed by atoms with Gasteiger partial charge in [-0.2, -0.15) is 0 Å². The van der Waals surface area contributed by atoms with Crippen LogP contribution in [-0.2, 0) is 9.59 Å². The second kappa shape index (κ2) is 7.47. The number of likely N-dealkylation sites (tertiary alicyclic amines) is 1. The van der Waals surface area contributed by atoms with Crippen molar-refractivity contribution in [3.63, 3.8) is 0 Å². The van der Waals surface area contributed by atoms with Gasteiger partial charge in [0.05, 0.1) is 11.3 Å². The van der Waals surface area contributed by atoms with Crippen LogP contribution in [0.2, 0.25) is 0 Å². The van der Waals surface area contributed by atoms with E-state index >= 15 is 0 Å². The van der Waals surface area contributed by atoms with E-state index in [4.69, 9.17) is 0 Å². The van der Waals surface area contributed by atoms with Crippen LogP contribution in [-0.4, -0.2) is 41.8 Å². The van der Waals surface area contributed by atoms with Crippen LogP contribution in [0.15, 0.2) is 24.3 Å². The molecule has 0 spiro atoms. The summed E-state index contributed by atoms with van der Waals surface area (Å²) in [6.45, 7) is 1.60. The Labute approximate surface area is 141 Å². The van der Waals surface area contributed by atoms with E-state index in [9.17, 15) is 14.4 Å². The summed E-state index contributed by atoms with van der Waals surface area (Å²) >= 11 is 0. The molecule has 0 aliphatic carbocycles. The van der Waals surface area contributed by atoms with Crippen LogP contribution in [0, 0.1) is 0 Å². The third-order valence-electron chi connectivity index (χ3n) is 4.66. The SMILES string of the molecule is O=C1N[C@@H](CCC(=O)N2CCCCCC2)C(=O)Nc2ccccc21. The molecule has 6 heteroatoms. The van der Waals surface area contributed by atoms with Crippen molar-refractivity contribution in [2.75, 3.05) is 18.4 Å². The summed E-state index contributed by atoms with van der Waals surface area (Å²) in [5, 5.41) is 5.50. The van der Waals surface area contributed by atoms with Crippen LogP contribution in [0.5, 0.6) is 0 Å². The van der Waals surface area contributed by atoms with E-state index in [1.807, 2.05) is 4.90 Å². The lowest BCUT2D eigenvalue weighted by Crippen LogP contribution is -2.42. The van der Waals surface area contributed by atoms with Crippen molar-refractivity contribution in [1.82, 2.24) is 10.2 Å². The van der Waals surface area contributed by atoms with Crippen LogP contribution < -0.4 is 10.6 Å². The van der Waals surface area contributed by atoms with Gasteiger partial charge < -0.3 is 15.5 Å². The fourth-order valence-electron chi connectivity index (χ4n) is 3.26. The molecule has 0 saturated carbocycles. The number of nitrogens with zero attached hydrogens (tertiary/aromatic N) is 1. The van der Waals surface area contributed by atoms with Crippen molar-refractivity contribution in [3.05, 3.63) is 29.8 Å². The van der Waals surface area contributed by atoms with Gasteiger partial charge in [0.2, 0.25) is 11.8 Å². The molecule has 1 atom stereocenters. The minimum absolute atomic E-state index is 0.0701. The standard InChI is InChI=1S/C18H23N3O3/c22-16(21-11-5-1-2-6-12-21)10-9-15-18(24)19-14-8-4-3-7-13(14)17(23)20-15/h3-4,7-8,15H,1-2,5-6,9-12H2,(H,19,24)(H,20,23)/t15-/m0/s1. The summed E-state index contributed by atoms with van der Waals surface area (Å²) in [5.74, 6) is -0.478. The normalized spacial score (nSPS) is 21.2. The largest absolute Gasteiger partial charge is 0.343 e. The number of anilines is 1. The number of fused-ring (bicyclic) bond motifs is 1. The van der Waals surface area contributed by atoms with Gasteiger partial charge in [0.15, 0.2) is 0 Å². The maximum absolute atomic E-state index is 12.4. The second-order valence-electron chi connectivity index (χ2n) is 6.39. The zero-order valence-corrected chi connectivity index (χ0v) is 13.7. The maximum Gasteiger partial charge on any atom is 0.254 e. The molecule has 0 radical (unpaired) electrons. The Morgan fingerprint density at radius 3 is 2.54 bits per heavy atom. The molecule has 3 rings (SSSR count). The smallest absolute Gasteiger partial charge is 0.254 e. The Bertz CT molecular complexity index is 636. The highest BCUT2D eigenvalue weighted by Gasteiger charge is 2.28. The minimum Gasteiger partial charge on any atom is -0.343 e. The first kappa shape index (κ1) is 16.5. The third-order valence-corrected chi connectivity index (χ3v) is 4.66. The average Bonchev–Trinajstić information content (AvgIpc) is 2.92. The van der Waals surface area contributed by atoms with Gasteiger partial charge in [0.25, 0.3) is 5.91 Å². The third kappa shape index (κ3) is 3.75. The number of benzene rings is 1. The van der Waals surface area contributed by atoms with Crippen LogP contribution in [0.4, 0.5) is 5.69 Å². The van der Waals surface area contributed by atoms with Crippen molar-refractivity contribution in [2.24, 2.45) is 0 Å². The molecule has 1 aromatic carbocycles. The van der Waals surface area contributed by atoms with Gasteiger partial charge in [-0.15, -0.1) is 0 Å². The van der Waals surface area contributed by atoms with Crippen molar-refractivity contribution in [3.8, 4) is 0 Å². The second-order valence-corrected chi connectivity index (χ2v) is 6.39. The maximum atomic E-state index is 12.4. The molecule has 24 heavy (non-hydrogen) atoms. The molecule has 0 bridgehead atoms. The topological polar surface area (TPSA) is 78.5 Å². The number of amides is 3. The molecule has 1 aromatic rings. The molecule has 3 amide bonds. The molecule has 0 unspecified atom stereocenters. The van der Waals surface area contributed by atoms with Crippen LogP contribution in [0.25, 0.3) is 0 Å². The van der Waals surface area contributed by atoms with Crippen LogP contribution >= 0.6 is 0 Å². The Morgan fingerprint density at radius 1 is 1.08 bits per heavy atom. The Balaban J connectivity index is 1.60. The molecule has 1 saturated heterocycles. The Morgan fingerprint density at radius 2 is 1.79 bits per heavy atom. The fourth-order valence-corrected chi connectivity index (χ4v) is 3.26. The quantitative estimate of drug-likeness (QED) is 0.889. The van der Waals surface area contributed by atoms with E-state index in [-0.39, 0.29) is 24.1 Å². The predicted octanol–water partition coefficient (Wildman–Crippen LogP) is 1.92. The van der Waals surface area contributed by atoms with Gasteiger partial charge in [-0.05, 0) is 31.4 Å². The number of hydrogen-bond acceptors (Lipinski definition) is 3. The number of carbonyl (C=O) groups is 3. The van der Waals surface area contributed by atoms with Crippen molar-refractivity contribution >= 4 is 23.4 Å². The molecular formula is C18H23N3O3. The molecular weight excluding hydrogens is 306 g/mol. The molecule has 1 fully saturated rings. The van der Waals surface area contributed by atoms with Gasteiger partial charge in [-0.25, -0.2) is 0 Å². The fraction of sp³-hybridized carbons (Fsp3) is 0.500. The lowest BCUT2D eigenvalue weighted by atomic mass is 10.1. The molecule has 2 heterocycles. The molecule has 0 aromatic heterocycles. The molecule has 128 valence electrons. The number of nitrogens with one attached hydrogen (secondary N) is 2. The first-order valence-corrected chi connectivity index (χ1v) is 8.63. The summed E-state index contributed by atoms with van der Waals surface area (Å²) in [4.78, 5) is 38.8. The van der Waals surface area contributed by atoms with Crippen molar-refractivity contribution < 1.29 is 14.4 Å². The highest BCUT2D eigenvalue weighted by molar-refractivity contribution is 6.09. The predicted molar refractivity (Wildman–Crippen MR) is 90.6 cm³/mol. The average molecular weight is 329 g/mol. The molecule has 6 nitrogen and oxygen atoms in total. The Kier molecular flexibility index (Phi) is 5.13. The van der Waals surface area contributed by atoms with Gasteiger partial charge in [0.1, 0.15) is 6.04 Å². The van der Waals surface area contributed by atoms with E-state index in [0.717, 1.165) is 25.9 Å². The van der Waals surface area contributed by atoms with E-state index in [2.05, 4.69) is 10.6 Å². The lowest BCUT2D eigenvalue weighted by molar-refractivity contribution is -0.131. The summed E-state index contributed by atoms with van der Waals surface area (Å²) in [6.07, 6.45) is 5.02. The zero-order valence-electron chi connectivity index (χ0n) is 13.7. The van der Waals surface area contributed by atoms with Crippen LogP contribution in [0.1, 0.15) is 48.9 Å². The molecule has 2 N–H and O–H groups in total. The zero-order chi connectivity index (χ0) is 16.9. The molecule has 2 aliphatic rings. The van der Waals surface area contributed by atoms with Gasteiger partial charge >= 0.3 is 0 Å². The van der Waals surface area contributed by atoms with E-state index in [1.165, 1.54) is 12.8 Å². The van der Waals surface area contributed by atoms with Gasteiger partial charge in [-0.3, -0.25) is 14.4 Å². The molecule has 2 aliphatic heterocycles. The monoisotopic (exact) mass is 329 g/mol. The highest BCUT2D eigenvalue weighted by atomic mass is 16.2. The summed E-state index contributed by atoms with van der Waals surface area (Å²) in [7, 11) is 0. The van der Waals surface area contributed by atoms with Crippen molar-refractivity contribution in [2.45, 2.75) is 44.6 Å². The number of hydrogen-bond donors (Lipinski definition) is 2. The number of carbonyl (C=O) groups excluding carboxylic acids is 3. The van der Waals surface area contributed by atoms with E-state index in [0.29, 0.717) is 17.7 Å². The first-order valence-electron chi connectivity index (χ1n) is 8.63. The number of para-hydroxylation sites is 1. The number of rotatable bonds is 3. The highest BCUT2D eigenvalue weighted by Crippen LogP contribution is 2.19. The van der Waals surface area contributed by atoms with Crippen molar-refractivity contribution in [1.29, 1.82) is 0 Å². The summed E-state index contributed by atoms with van der Waals surface area (Å²) in [6, 6.07) is 6.23. The minimum atomic E-state index is -0.680. The van der Waals surface area contributed by atoms with E-state index < -0.39 is 6.04 Å². The van der Waals surface area contributed by atoms with Gasteiger partial charge in [0, 0.05) is 19.5 Å². The Hall–Kier alpha value is -2.37. The van der Waals surface area contributed by atoms with E-state index in [1.54, 1.807) is 24.3 Å². The summed E-state index contributed by atoms with van der Waals surface area (Å²) in [5.41, 5.74) is 0.966. The first-order chi connectivity index (χ1) is 11.6. The summed E-state index contributed by atoms with van der Waals surface area (Å²) < 4.78 is 0. The van der Waals surface area contributed by atoms with Crippen LogP contribution in [0.3, 0.4) is 0 Å². The lowest BCUT2D eigenvalue weighted by Gasteiger charge is -2.21. The van der Waals surface area contributed by atoms with Gasteiger partial charge in [-0.1, -0.05) is 25.0 Å².